The van der Waals surface area contributed by atoms with Gasteiger partial charge in [0.2, 0.25) is 10.0 Å². The van der Waals surface area contributed by atoms with Gasteiger partial charge in [0.1, 0.15) is 0 Å². The van der Waals surface area contributed by atoms with E-state index in [2.05, 4.69) is 4.72 Å². The van der Waals surface area contributed by atoms with Gasteiger partial charge in [0, 0.05) is 12.6 Å². The van der Waals surface area contributed by atoms with Crippen LogP contribution in [0.4, 0.5) is 0 Å². The van der Waals surface area contributed by atoms with E-state index in [1.54, 1.807) is 0 Å². The third-order valence-electron chi connectivity index (χ3n) is 5.38. The fourth-order valence-electron chi connectivity index (χ4n) is 4.38. The summed E-state index contributed by atoms with van der Waals surface area (Å²) in [5.41, 5.74) is 0. The maximum absolute atomic E-state index is 12.4. The van der Waals surface area contributed by atoms with Crippen LogP contribution in [0.25, 0.3) is 0 Å². The van der Waals surface area contributed by atoms with Gasteiger partial charge in [-0.1, -0.05) is 0 Å². The molecular formula is C15H25NO5S. The molecule has 1 N–H and O–H groups in total. The van der Waals surface area contributed by atoms with E-state index in [-0.39, 0.29) is 41.6 Å². The van der Waals surface area contributed by atoms with Crippen LogP contribution in [0.2, 0.25) is 0 Å². The van der Waals surface area contributed by atoms with E-state index < -0.39 is 10.0 Å². The van der Waals surface area contributed by atoms with Crippen molar-refractivity contribution in [2.45, 2.75) is 50.7 Å². The third-order valence-corrected chi connectivity index (χ3v) is 6.83. The largest absolute Gasteiger partial charge is 0.469 e. The molecule has 2 aliphatic carbocycles. The topological polar surface area (TPSA) is 81.7 Å². The van der Waals surface area contributed by atoms with Gasteiger partial charge in [0.25, 0.3) is 0 Å². The normalized spacial score (nSPS) is 38.1. The highest BCUT2D eigenvalue weighted by Crippen LogP contribution is 2.49. The molecule has 0 aromatic carbocycles. The molecule has 22 heavy (non-hydrogen) atoms. The molecular weight excluding hydrogens is 306 g/mol. The lowest BCUT2D eigenvalue weighted by atomic mass is 9.85. The predicted molar refractivity (Wildman–Crippen MR) is 80.6 cm³/mol. The molecule has 0 aromatic rings. The molecule has 0 radical (unpaired) electrons. The molecule has 5 atom stereocenters. The van der Waals surface area contributed by atoms with Crippen LogP contribution < -0.4 is 4.72 Å². The number of hydrogen-bond donors (Lipinski definition) is 1. The minimum atomic E-state index is -3.44. The lowest BCUT2D eigenvalue weighted by Gasteiger charge is -2.30. The predicted octanol–water partition coefficient (Wildman–Crippen LogP) is 1.06. The summed E-state index contributed by atoms with van der Waals surface area (Å²) >= 11 is 0. The summed E-state index contributed by atoms with van der Waals surface area (Å²) in [4.78, 5) is 12.0. The molecule has 3 aliphatic rings. The van der Waals surface area contributed by atoms with Gasteiger partial charge in [-0.25, -0.2) is 13.1 Å². The Balaban J connectivity index is 1.66. The number of esters is 1. The van der Waals surface area contributed by atoms with Crippen molar-refractivity contribution in [2.24, 2.45) is 17.8 Å². The number of rotatable bonds is 5. The molecule has 0 spiro atoms. The Morgan fingerprint density at radius 2 is 2.00 bits per heavy atom. The van der Waals surface area contributed by atoms with Crippen molar-refractivity contribution < 1.29 is 22.7 Å². The van der Waals surface area contributed by atoms with Crippen molar-refractivity contribution in [2.75, 3.05) is 19.5 Å². The van der Waals surface area contributed by atoms with E-state index in [9.17, 15) is 13.2 Å². The summed E-state index contributed by atoms with van der Waals surface area (Å²) in [6.45, 7) is 0.638. The zero-order valence-electron chi connectivity index (χ0n) is 13.0. The first-order valence-electron chi connectivity index (χ1n) is 8.19. The van der Waals surface area contributed by atoms with E-state index in [4.69, 9.17) is 9.47 Å². The van der Waals surface area contributed by atoms with Gasteiger partial charge in [0.05, 0.1) is 24.9 Å². The smallest absolute Gasteiger partial charge is 0.310 e. The lowest BCUT2D eigenvalue weighted by Crippen LogP contribution is -2.49. The molecule has 3 rings (SSSR count). The number of fused-ring (bicyclic) bond motifs is 2. The summed E-state index contributed by atoms with van der Waals surface area (Å²) in [6.07, 6.45) is 5.49. The highest BCUT2D eigenvalue weighted by Gasteiger charge is 2.52. The van der Waals surface area contributed by atoms with Crippen molar-refractivity contribution in [3.05, 3.63) is 0 Å². The molecule has 3 fully saturated rings. The standard InChI is InChI=1S/C15H25NO5S/c1-20-15(17)13-10-5-6-11(8-10)14(13)16-22(18,19)9-12-4-2-3-7-21-12/h10-14,16H,2-9H2,1H3/t10-,11-,12+,13+,14-/m0/s1. The Morgan fingerprint density at radius 3 is 2.68 bits per heavy atom. The molecule has 1 heterocycles. The SMILES string of the molecule is COC(=O)[C@@H]1[C@H]2CC[C@@H](C2)[C@@H]1NS(=O)(=O)C[C@H]1CCCCO1. The fraction of sp³-hybridized carbons (Fsp3) is 0.933. The molecule has 1 aliphatic heterocycles. The zero-order valence-corrected chi connectivity index (χ0v) is 13.8. The van der Waals surface area contributed by atoms with Crippen LogP contribution in [-0.4, -0.2) is 46.0 Å². The summed E-state index contributed by atoms with van der Waals surface area (Å²) < 4.78 is 38.1. The maximum Gasteiger partial charge on any atom is 0.310 e. The van der Waals surface area contributed by atoms with Crippen LogP contribution in [0.15, 0.2) is 0 Å². The van der Waals surface area contributed by atoms with Gasteiger partial charge in [0.15, 0.2) is 0 Å². The lowest BCUT2D eigenvalue weighted by molar-refractivity contribution is -0.148. The summed E-state index contributed by atoms with van der Waals surface area (Å²) in [5.74, 6) is -0.0961. The molecule has 0 amide bonds. The van der Waals surface area contributed by atoms with Gasteiger partial charge in [-0.3, -0.25) is 4.79 Å². The Labute approximate surface area is 132 Å². The van der Waals surface area contributed by atoms with Crippen molar-refractivity contribution in [3.8, 4) is 0 Å². The number of carbonyl (C=O) groups is 1. The van der Waals surface area contributed by atoms with Gasteiger partial charge < -0.3 is 9.47 Å². The third kappa shape index (κ3) is 3.31. The Hall–Kier alpha value is -0.660. The van der Waals surface area contributed by atoms with Crippen LogP contribution in [0.1, 0.15) is 38.5 Å². The van der Waals surface area contributed by atoms with Gasteiger partial charge in [-0.05, 0) is 50.4 Å². The van der Waals surface area contributed by atoms with E-state index in [1.165, 1.54) is 7.11 Å². The minimum absolute atomic E-state index is 0.00518. The Morgan fingerprint density at radius 1 is 1.23 bits per heavy atom. The Kier molecular flexibility index (Phi) is 4.75. The first kappa shape index (κ1) is 16.2. The highest BCUT2D eigenvalue weighted by atomic mass is 32.2. The second-order valence-corrected chi connectivity index (χ2v) is 8.59. The fourth-order valence-corrected chi connectivity index (χ4v) is 5.98. The van der Waals surface area contributed by atoms with Gasteiger partial charge in [-0.2, -0.15) is 0 Å². The summed E-state index contributed by atoms with van der Waals surface area (Å²) in [7, 11) is -2.07. The molecule has 2 bridgehead atoms. The molecule has 7 heteroatoms. The molecule has 0 aromatic heterocycles. The van der Waals surface area contributed by atoms with Crippen LogP contribution in [0.5, 0.6) is 0 Å². The summed E-state index contributed by atoms with van der Waals surface area (Å²) in [5, 5.41) is 0. The summed E-state index contributed by atoms with van der Waals surface area (Å²) in [6, 6.07) is -0.306. The van der Waals surface area contributed by atoms with Crippen molar-refractivity contribution in [3.63, 3.8) is 0 Å². The monoisotopic (exact) mass is 331 g/mol. The average molecular weight is 331 g/mol. The molecule has 2 saturated carbocycles. The molecule has 126 valence electrons. The molecule has 6 nitrogen and oxygen atoms in total. The number of nitrogens with one attached hydrogen (secondary N) is 1. The van der Waals surface area contributed by atoms with E-state index in [0.29, 0.717) is 6.61 Å². The van der Waals surface area contributed by atoms with Crippen LogP contribution in [-0.2, 0) is 24.3 Å². The van der Waals surface area contributed by atoms with Crippen LogP contribution in [0.3, 0.4) is 0 Å². The van der Waals surface area contributed by atoms with E-state index >= 15 is 0 Å². The average Bonchev–Trinajstić information content (AvgIpc) is 3.07. The second kappa shape index (κ2) is 6.45. The first-order chi connectivity index (χ1) is 10.5. The second-order valence-electron chi connectivity index (χ2n) is 6.80. The Bertz CT molecular complexity index is 514. The molecule has 0 unspecified atom stereocenters. The van der Waals surface area contributed by atoms with Crippen molar-refractivity contribution in [1.29, 1.82) is 0 Å². The van der Waals surface area contributed by atoms with Crippen LogP contribution >= 0.6 is 0 Å². The van der Waals surface area contributed by atoms with Crippen molar-refractivity contribution in [1.82, 2.24) is 4.72 Å². The number of carbonyl (C=O) groups excluding carboxylic acids is 1. The van der Waals surface area contributed by atoms with Gasteiger partial charge >= 0.3 is 5.97 Å². The van der Waals surface area contributed by atoms with Crippen molar-refractivity contribution >= 4 is 16.0 Å². The minimum Gasteiger partial charge on any atom is -0.469 e. The first-order valence-corrected chi connectivity index (χ1v) is 9.85. The van der Waals surface area contributed by atoms with E-state index in [1.807, 2.05) is 0 Å². The number of sulfonamides is 1. The van der Waals surface area contributed by atoms with Crippen LogP contribution in [0, 0.1) is 17.8 Å². The number of methoxy groups -OCH3 is 1. The van der Waals surface area contributed by atoms with E-state index in [0.717, 1.165) is 38.5 Å². The number of ether oxygens (including phenoxy) is 2. The number of hydrogen-bond acceptors (Lipinski definition) is 5. The molecule has 1 saturated heterocycles. The van der Waals surface area contributed by atoms with Gasteiger partial charge in [-0.15, -0.1) is 0 Å². The highest BCUT2D eigenvalue weighted by molar-refractivity contribution is 7.89. The quantitative estimate of drug-likeness (QED) is 0.762. The maximum atomic E-state index is 12.4. The zero-order chi connectivity index (χ0) is 15.7.